The predicted octanol–water partition coefficient (Wildman–Crippen LogP) is 3.39. The highest BCUT2D eigenvalue weighted by atomic mass is 16.5. The molecule has 0 spiro atoms. The Hall–Kier alpha value is -2.17. The van der Waals surface area contributed by atoms with Gasteiger partial charge in [-0.25, -0.2) is 0 Å². The number of benzene rings is 2. The van der Waals surface area contributed by atoms with Gasteiger partial charge in [-0.2, -0.15) is 0 Å². The van der Waals surface area contributed by atoms with Crippen LogP contribution in [0.4, 0.5) is 0 Å². The molecule has 4 nitrogen and oxygen atoms in total. The molecule has 2 aliphatic carbocycles. The number of nitrogens with two attached hydrogens (primary N) is 1. The minimum Gasteiger partial charge on any atom is -0.372 e. The van der Waals surface area contributed by atoms with Crippen LogP contribution in [0.25, 0.3) is 0 Å². The Morgan fingerprint density at radius 1 is 0.963 bits per heavy atom. The smallest absolute Gasteiger partial charge is 0.225 e. The molecule has 0 radical (unpaired) electrons. The Labute approximate surface area is 161 Å². The summed E-state index contributed by atoms with van der Waals surface area (Å²) in [5.41, 5.74) is 9.69. The lowest BCUT2D eigenvalue weighted by atomic mass is 9.84. The number of ether oxygens (including phenoxy) is 1. The highest BCUT2D eigenvalue weighted by molar-refractivity contribution is 5.80. The van der Waals surface area contributed by atoms with Gasteiger partial charge in [0, 0.05) is 12.6 Å². The molecule has 3 N–H and O–H groups in total. The molecule has 1 amide bonds. The quantitative estimate of drug-likeness (QED) is 0.791. The van der Waals surface area contributed by atoms with Crippen LogP contribution in [0.5, 0.6) is 0 Å². The van der Waals surface area contributed by atoms with E-state index >= 15 is 0 Å². The number of hydrogen-bond donors (Lipinski definition) is 2. The van der Waals surface area contributed by atoms with E-state index < -0.39 is 0 Å². The summed E-state index contributed by atoms with van der Waals surface area (Å²) >= 11 is 0. The molecule has 4 atom stereocenters. The third kappa shape index (κ3) is 4.07. The van der Waals surface area contributed by atoms with Gasteiger partial charge in [0.15, 0.2) is 0 Å². The average molecular weight is 364 g/mol. The van der Waals surface area contributed by atoms with Gasteiger partial charge < -0.3 is 15.8 Å². The monoisotopic (exact) mass is 364 g/mol. The minimum atomic E-state index is -0.00903. The van der Waals surface area contributed by atoms with Gasteiger partial charge in [-0.15, -0.1) is 0 Å². The lowest BCUT2D eigenvalue weighted by Gasteiger charge is -2.27. The molecule has 2 aliphatic rings. The van der Waals surface area contributed by atoms with Gasteiger partial charge in [-0.05, 0) is 47.8 Å². The van der Waals surface area contributed by atoms with E-state index in [1.165, 1.54) is 6.42 Å². The van der Waals surface area contributed by atoms with Crippen LogP contribution in [-0.4, -0.2) is 11.9 Å². The molecule has 2 saturated carbocycles. The van der Waals surface area contributed by atoms with Crippen molar-refractivity contribution in [3.05, 3.63) is 71.3 Å². The molecule has 2 fully saturated rings. The van der Waals surface area contributed by atoms with E-state index in [2.05, 4.69) is 29.6 Å². The maximum absolute atomic E-state index is 12.7. The van der Waals surface area contributed by atoms with E-state index in [1.807, 2.05) is 30.3 Å². The topological polar surface area (TPSA) is 64.4 Å². The summed E-state index contributed by atoms with van der Waals surface area (Å²) in [6, 6.07) is 18.3. The maximum atomic E-state index is 12.7. The van der Waals surface area contributed by atoms with Gasteiger partial charge in [-0.3, -0.25) is 4.79 Å². The van der Waals surface area contributed by atoms with Crippen LogP contribution >= 0.6 is 0 Å². The highest BCUT2D eigenvalue weighted by Crippen LogP contribution is 2.47. The van der Waals surface area contributed by atoms with E-state index in [4.69, 9.17) is 10.5 Å². The first kappa shape index (κ1) is 18.2. The number of amides is 1. The molecule has 4 heteroatoms. The number of fused-ring (bicyclic) bond motifs is 2. The van der Waals surface area contributed by atoms with Crippen LogP contribution in [-0.2, 0) is 29.3 Å². The fraction of sp³-hybridized carbons (Fsp3) is 0.435. The van der Waals surface area contributed by atoms with Crippen molar-refractivity contribution >= 4 is 5.91 Å². The Morgan fingerprint density at radius 3 is 2.41 bits per heavy atom. The predicted molar refractivity (Wildman–Crippen MR) is 106 cm³/mol. The van der Waals surface area contributed by atoms with Gasteiger partial charge in [0.2, 0.25) is 5.91 Å². The molecule has 2 aromatic rings. The second-order valence-electron chi connectivity index (χ2n) is 7.90. The summed E-state index contributed by atoms with van der Waals surface area (Å²) in [7, 11) is 0. The van der Waals surface area contributed by atoms with Crippen LogP contribution in [0.2, 0.25) is 0 Å². The molecular formula is C23H28N2O2. The fourth-order valence-electron chi connectivity index (χ4n) is 4.75. The fourth-order valence-corrected chi connectivity index (χ4v) is 4.75. The third-order valence-corrected chi connectivity index (χ3v) is 6.22. The Balaban J connectivity index is 1.32. The zero-order valence-corrected chi connectivity index (χ0v) is 15.6. The van der Waals surface area contributed by atoms with Crippen molar-refractivity contribution in [2.24, 2.45) is 23.5 Å². The van der Waals surface area contributed by atoms with Crippen molar-refractivity contribution in [3.63, 3.8) is 0 Å². The first-order valence-electron chi connectivity index (χ1n) is 9.94. The molecule has 2 aromatic carbocycles. The number of hydrogen-bond acceptors (Lipinski definition) is 3. The van der Waals surface area contributed by atoms with Crippen molar-refractivity contribution in [2.45, 2.75) is 45.1 Å². The standard InChI is InChI=1S/C23H28N2O2/c24-22-18-11-10-17(12-18)21(22)23(26)25-13-19-8-4-5-9-20(19)15-27-14-16-6-2-1-3-7-16/h1-9,17-18,21-22H,10-15,24H2,(H,25,26). The van der Waals surface area contributed by atoms with Crippen molar-refractivity contribution < 1.29 is 9.53 Å². The van der Waals surface area contributed by atoms with E-state index in [0.29, 0.717) is 31.6 Å². The van der Waals surface area contributed by atoms with Crippen molar-refractivity contribution in [2.75, 3.05) is 0 Å². The van der Waals surface area contributed by atoms with Crippen LogP contribution in [0.3, 0.4) is 0 Å². The normalized spacial score (nSPS) is 26.3. The Kier molecular flexibility index (Phi) is 5.55. The highest BCUT2D eigenvalue weighted by Gasteiger charge is 2.48. The zero-order chi connectivity index (χ0) is 18.6. The third-order valence-electron chi connectivity index (χ3n) is 6.22. The summed E-state index contributed by atoms with van der Waals surface area (Å²) in [5.74, 6) is 1.14. The van der Waals surface area contributed by atoms with Gasteiger partial charge >= 0.3 is 0 Å². The molecule has 142 valence electrons. The van der Waals surface area contributed by atoms with E-state index in [9.17, 15) is 4.79 Å². The number of carbonyl (C=O) groups is 1. The molecule has 0 aliphatic heterocycles. The summed E-state index contributed by atoms with van der Waals surface area (Å²) in [6.07, 6.45) is 3.47. The van der Waals surface area contributed by atoms with Gasteiger partial charge in [0.25, 0.3) is 0 Å². The summed E-state index contributed by atoms with van der Waals surface area (Å²) < 4.78 is 5.88. The molecule has 0 aromatic heterocycles. The number of nitrogens with one attached hydrogen (secondary N) is 1. The Morgan fingerprint density at radius 2 is 1.67 bits per heavy atom. The molecule has 4 rings (SSSR count). The van der Waals surface area contributed by atoms with Crippen LogP contribution in [0.1, 0.15) is 36.0 Å². The van der Waals surface area contributed by atoms with Crippen molar-refractivity contribution in [1.29, 1.82) is 0 Å². The minimum absolute atomic E-state index is 0.00903. The van der Waals surface area contributed by atoms with Crippen molar-refractivity contribution in [1.82, 2.24) is 5.32 Å². The molecular weight excluding hydrogens is 336 g/mol. The Bertz CT molecular complexity index is 775. The largest absolute Gasteiger partial charge is 0.372 e. The van der Waals surface area contributed by atoms with E-state index in [0.717, 1.165) is 29.5 Å². The van der Waals surface area contributed by atoms with Crippen molar-refractivity contribution in [3.8, 4) is 0 Å². The lowest BCUT2D eigenvalue weighted by molar-refractivity contribution is -0.127. The van der Waals surface area contributed by atoms with Gasteiger partial charge in [0.05, 0.1) is 19.1 Å². The van der Waals surface area contributed by atoms with Gasteiger partial charge in [-0.1, -0.05) is 54.6 Å². The van der Waals surface area contributed by atoms with Crippen LogP contribution in [0.15, 0.2) is 54.6 Å². The number of rotatable bonds is 7. The average Bonchev–Trinajstić information content (AvgIpc) is 3.29. The SMILES string of the molecule is NC1C2CCC(C2)C1C(=O)NCc1ccccc1COCc1ccccc1. The molecule has 0 saturated heterocycles. The first-order valence-corrected chi connectivity index (χ1v) is 9.94. The molecule has 0 heterocycles. The van der Waals surface area contributed by atoms with Crippen LogP contribution in [0, 0.1) is 17.8 Å². The first-order chi connectivity index (χ1) is 13.2. The van der Waals surface area contributed by atoms with Gasteiger partial charge in [0.1, 0.15) is 0 Å². The summed E-state index contributed by atoms with van der Waals surface area (Å²) in [6.45, 7) is 1.65. The molecule has 4 unspecified atom stereocenters. The van der Waals surface area contributed by atoms with E-state index in [1.54, 1.807) is 0 Å². The lowest BCUT2D eigenvalue weighted by Crippen LogP contribution is -2.45. The number of carbonyl (C=O) groups excluding carboxylic acids is 1. The second kappa shape index (κ2) is 8.24. The summed E-state index contributed by atoms with van der Waals surface area (Å²) in [5, 5.41) is 3.13. The zero-order valence-electron chi connectivity index (χ0n) is 15.6. The maximum Gasteiger partial charge on any atom is 0.225 e. The molecule has 27 heavy (non-hydrogen) atoms. The summed E-state index contributed by atoms with van der Waals surface area (Å²) in [4.78, 5) is 12.7. The molecule has 2 bridgehead atoms. The van der Waals surface area contributed by atoms with E-state index in [-0.39, 0.29) is 17.9 Å². The second-order valence-corrected chi connectivity index (χ2v) is 7.90. The van der Waals surface area contributed by atoms with Crippen LogP contribution < -0.4 is 11.1 Å².